The maximum Gasteiger partial charge on any atom is 0.178 e. The van der Waals surface area contributed by atoms with Gasteiger partial charge < -0.3 is 14.6 Å². The van der Waals surface area contributed by atoms with Crippen LogP contribution in [0.3, 0.4) is 0 Å². The molecule has 174 valence electrons. The maximum atomic E-state index is 5.88. The third-order valence-corrected chi connectivity index (χ3v) is 6.72. The number of rotatable bonds is 7. The van der Waals surface area contributed by atoms with E-state index >= 15 is 0 Å². The quantitative estimate of drug-likeness (QED) is 0.324. The first kappa shape index (κ1) is 21.5. The molecule has 0 aliphatic heterocycles. The van der Waals surface area contributed by atoms with Crippen molar-refractivity contribution < 1.29 is 4.74 Å². The minimum absolute atomic E-state index is 0.608. The summed E-state index contributed by atoms with van der Waals surface area (Å²) >= 11 is 1.69. The van der Waals surface area contributed by atoms with E-state index in [1.54, 1.807) is 23.7 Å². The lowest BCUT2D eigenvalue weighted by atomic mass is 10.0. The number of pyridine rings is 2. The molecule has 1 aromatic carbocycles. The van der Waals surface area contributed by atoms with Gasteiger partial charge in [-0.05, 0) is 55.4 Å². The summed E-state index contributed by atoms with van der Waals surface area (Å²) in [5.41, 5.74) is 6.35. The number of aromatic nitrogens is 6. The zero-order valence-corrected chi connectivity index (χ0v) is 20.1. The van der Waals surface area contributed by atoms with Crippen molar-refractivity contribution in [1.82, 2.24) is 35.0 Å². The summed E-state index contributed by atoms with van der Waals surface area (Å²) in [7, 11) is 4.05. The summed E-state index contributed by atoms with van der Waals surface area (Å²) in [6.45, 7) is 1.45. The Hall–Kier alpha value is -4.08. The third kappa shape index (κ3) is 4.16. The van der Waals surface area contributed by atoms with E-state index in [-0.39, 0.29) is 0 Å². The Balaban J connectivity index is 1.38. The van der Waals surface area contributed by atoms with Crippen LogP contribution >= 0.6 is 11.3 Å². The Labute approximate surface area is 205 Å². The lowest BCUT2D eigenvalue weighted by Gasteiger charge is -2.11. The first-order valence-electron chi connectivity index (χ1n) is 11.3. The van der Waals surface area contributed by atoms with Crippen LogP contribution in [0.5, 0.6) is 5.75 Å². The second-order valence-electron chi connectivity index (χ2n) is 8.51. The van der Waals surface area contributed by atoms with Crippen molar-refractivity contribution in [3.8, 4) is 38.8 Å². The number of H-pyrrole nitrogens is 2. The molecule has 5 aromatic heterocycles. The molecule has 0 unspecified atom stereocenters. The van der Waals surface area contributed by atoms with Gasteiger partial charge in [0.1, 0.15) is 18.1 Å². The molecule has 8 nitrogen and oxygen atoms in total. The Morgan fingerprint density at radius 2 is 2.00 bits per heavy atom. The fraction of sp³-hybridized carbons (Fsp3) is 0.154. The van der Waals surface area contributed by atoms with E-state index in [2.05, 4.69) is 53.6 Å². The number of nitrogens with zero attached hydrogens (tertiary/aromatic N) is 5. The van der Waals surface area contributed by atoms with Crippen molar-refractivity contribution in [3.05, 3.63) is 66.4 Å². The van der Waals surface area contributed by atoms with Gasteiger partial charge in [-0.3, -0.25) is 10.1 Å². The van der Waals surface area contributed by atoms with Crippen LogP contribution in [0.2, 0.25) is 0 Å². The van der Waals surface area contributed by atoms with Crippen LogP contribution in [0.1, 0.15) is 0 Å². The summed E-state index contributed by atoms with van der Waals surface area (Å²) in [5, 5.41) is 10.7. The molecule has 0 saturated heterocycles. The average molecular weight is 482 g/mol. The van der Waals surface area contributed by atoms with Gasteiger partial charge >= 0.3 is 0 Å². The molecule has 0 spiro atoms. The molecule has 2 N–H and O–H groups in total. The van der Waals surface area contributed by atoms with Crippen molar-refractivity contribution in [1.29, 1.82) is 0 Å². The molecule has 0 radical (unpaired) electrons. The molecular formula is C26H23N7OS. The number of hydrogen-bond donors (Lipinski definition) is 2. The first-order valence-corrected chi connectivity index (χ1v) is 12.1. The van der Waals surface area contributed by atoms with Crippen molar-refractivity contribution in [2.75, 3.05) is 27.2 Å². The van der Waals surface area contributed by atoms with E-state index in [4.69, 9.17) is 9.72 Å². The van der Waals surface area contributed by atoms with E-state index in [9.17, 15) is 0 Å². The van der Waals surface area contributed by atoms with Crippen molar-refractivity contribution in [2.24, 2.45) is 0 Å². The van der Waals surface area contributed by atoms with E-state index in [0.29, 0.717) is 18.1 Å². The van der Waals surface area contributed by atoms with E-state index in [0.717, 1.165) is 51.1 Å². The number of ether oxygens (including phenoxy) is 1. The normalized spacial score (nSPS) is 11.6. The molecule has 6 rings (SSSR count). The molecule has 5 heterocycles. The minimum Gasteiger partial charge on any atom is -0.491 e. The molecule has 0 saturated carbocycles. The van der Waals surface area contributed by atoms with Crippen LogP contribution in [0.15, 0.2) is 66.4 Å². The first-order chi connectivity index (χ1) is 17.2. The number of benzene rings is 1. The number of imidazole rings is 1. The van der Waals surface area contributed by atoms with Gasteiger partial charge in [-0.25, -0.2) is 9.97 Å². The second kappa shape index (κ2) is 8.94. The summed E-state index contributed by atoms with van der Waals surface area (Å²) in [6, 6.07) is 14.4. The Bertz CT molecular complexity index is 1620. The van der Waals surface area contributed by atoms with Gasteiger partial charge in [0.25, 0.3) is 0 Å². The molecule has 0 amide bonds. The fourth-order valence-corrected chi connectivity index (χ4v) is 4.79. The number of likely N-dealkylation sites (N-methyl/N-ethyl adjacent to an activating group) is 1. The number of nitrogens with one attached hydrogen (secondary N) is 2. The second-order valence-corrected chi connectivity index (χ2v) is 9.46. The summed E-state index contributed by atoms with van der Waals surface area (Å²) in [5.74, 6) is 1.43. The van der Waals surface area contributed by atoms with E-state index < -0.39 is 0 Å². The average Bonchev–Trinajstić information content (AvgIpc) is 3.62. The number of fused-ring (bicyclic) bond motifs is 2. The topological polar surface area (TPSA) is 95.6 Å². The standard InChI is InChI=1S/C26H23N7OS/c1-33(2)9-10-34-18-12-17(14-27-15-18)16-5-6-21-20(13-16)24(32-31-21)26-29-23-19(22-4-3-11-35-22)7-8-28-25(23)30-26/h3-8,11-15H,9-10H2,1-2H3,(H,31,32)(H,28,29,30). The summed E-state index contributed by atoms with van der Waals surface area (Å²) < 4.78 is 5.88. The summed E-state index contributed by atoms with van der Waals surface area (Å²) in [6.07, 6.45) is 5.38. The van der Waals surface area contributed by atoms with Crippen LogP contribution in [-0.4, -0.2) is 62.3 Å². The number of hydrogen-bond acceptors (Lipinski definition) is 7. The smallest absolute Gasteiger partial charge is 0.178 e. The lowest BCUT2D eigenvalue weighted by Crippen LogP contribution is -2.19. The Morgan fingerprint density at radius 1 is 1.06 bits per heavy atom. The highest BCUT2D eigenvalue weighted by atomic mass is 32.1. The Morgan fingerprint density at radius 3 is 2.86 bits per heavy atom. The largest absolute Gasteiger partial charge is 0.491 e. The molecular weight excluding hydrogens is 458 g/mol. The molecule has 35 heavy (non-hydrogen) atoms. The molecule has 0 aliphatic rings. The SMILES string of the molecule is CN(C)CCOc1cncc(-c2ccc3[nH]nc(-c4nc5nccc(-c6cccs6)c5[nH]4)c3c2)c1. The highest BCUT2D eigenvalue weighted by molar-refractivity contribution is 7.13. The summed E-state index contributed by atoms with van der Waals surface area (Å²) in [4.78, 5) is 20.3. The molecule has 0 fully saturated rings. The molecule has 9 heteroatoms. The highest BCUT2D eigenvalue weighted by Gasteiger charge is 2.16. The van der Waals surface area contributed by atoms with Gasteiger partial charge in [0.2, 0.25) is 0 Å². The van der Waals surface area contributed by atoms with Crippen molar-refractivity contribution in [3.63, 3.8) is 0 Å². The van der Waals surface area contributed by atoms with Gasteiger partial charge in [0.15, 0.2) is 11.5 Å². The number of aromatic amines is 2. The Kier molecular flexibility index (Phi) is 5.48. The van der Waals surface area contributed by atoms with E-state index in [1.165, 1.54) is 4.88 Å². The van der Waals surface area contributed by atoms with E-state index in [1.807, 2.05) is 44.6 Å². The van der Waals surface area contributed by atoms with Gasteiger partial charge in [-0.15, -0.1) is 11.3 Å². The van der Waals surface area contributed by atoms with Gasteiger partial charge in [-0.1, -0.05) is 12.1 Å². The monoisotopic (exact) mass is 481 g/mol. The predicted molar refractivity (Wildman–Crippen MR) is 140 cm³/mol. The van der Waals surface area contributed by atoms with Gasteiger partial charge in [0, 0.05) is 40.3 Å². The fourth-order valence-electron chi connectivity index (χ4n) is 4.04. The van der Waals surface area contributed by atoms with Gasteiger partial charge in [0.05, 0.1) is 17.2 Å². The van der Waals surface area contributed by atoms with Crippen LogP contribution in [0.25, 0.3) is 55.2 Å². The molecule has 0 atom stereocenters. The van der Waals surface area contributed by atoms with Gasteiger partial charge in [-0.2, -0.15) is 5.10 Å². The lowest BCUT2D eigenvalue weighted by molar-refractivity contribution is 0.261. The van der Waals surface area contributed by atoms with Crippen LogP contribution in [0.4, 0.5) is 0 Å². The highest BCUT2D eigenvalue weighted by Crippen LogP contribution is 2.34. The van der Waals surface area contributed by atoms with Crippen molar-refractivity contribution in [2.45, 2.75) is 0 Å². The van der Waals surface area contributed by atoms with Crippen LogP contribution in [0, 0.1) is 0 Å². The maximum absolute atomic E-state index is 5.88. The predicted octanol–water partition coefficient (Wildman–Crippen LogP) is 5.23. The molecule has 0 bridgehead atoms. The minimum atomic E-state index is 0.608. The molecule has 6 aromatic rings. The van der Waals surface area contributed by atoms with Crippen LogP contribution in [-0.2, 0) is 0 Å². The van der Waals surface area contributed by atoms with Crippen molar-refractivity contribution >= 4 is 33.4 Å². The number of thiophene rings is 1. The zero-order chi connectivity index (χ0) is 23.8. The van der Waals surface area contributed by atoms with Crippen LogP contribution < -0.4 is 4.74 Å². The third-order valence-electron chi connectivity index (χ3n) is 5.82. The molecule has 0 aliphatic carbocycles. The zero-order valence-electron chi connectivity index (χ0n) is 19.3.